The first-order valence-corrected chi connectivity index (χ1v) is 8.12. The second-order valence-electron chi connectivity index (χ2n) is 5.53. The van der Waals surface area contributed by atoms with Gasteiger partial charge in [-0.2, -0.15) is 0 Å². The van der Waals surface area contributed by atoms with E-state index in [2.05, 4.69) is 10.6 Å². The molecule has 1 aromatic carbocycles. The molecule has 1 aliphatic carbocycles. The van der Waals surface area contributed by atoms with Gasteiger partial charge in [0.15, 0.2) is 5.11 Å². The number of nitrogens with zero attached hydrogens (tertiary/aromatic N) is 1. The summed E-state index contributed by atoms with van der Waals surface area (Å²) < 4.78 is 0. The number of hydrogen-bond donors (Lipinski definition) is 3. The summed E-state index contributed by atoms with van der Waals surface area (Å²) in [6.45, 7) is 0.0773. The first-order chi connectivity index (χ1) is 11.1. The Morgan fingerprint density at radius 1 is 1.17 bits per heavy atom. The normalized spacial score (nSPS) is 14.8. The van der Waals surface area contributed by atoms with Crippen LogP contribution in [-0.4, -0.2) is 39.8 Å². The van der Waals surface area contributed by atoms with Gasteiger partial charge in [0, 0.05) is 11.6 Å². The van der Waals surface area contributed by atoms with Gasteiger partial charge in [0.2, 0.25) is 0 Å². The Hall–Kier alpha value is -2.15. The molecule has 1 aliphatic rings. The minimum absolute atomic E-state index is 0.0152. The predicted octanol–water partition coefficient (Wildman–Crippen LogP) is 2.56. The summed E-state index contributed by atoms with van der Waals surface area (Å²) in [5.74, 6) is -0.317. The van der Waals surface area contributed by atoms with Gasteiger partial charge in [0.25, 0.3) is 5.91 Å². The number of hydrogen-bond acceptors (Lipinski definition) is 3. The molecule has 6 nitrogen and oxygen atoms in total. The highest BCUT2D eigenvalue weighted by molar-refractivity contribution is 7.80. The van der Waals surface area contributed by atoms with E-state index < -0.39 is 6.09 Å². The molecular weight excluding hydrogens is 314 g/mol. The molecule has 7 heteroatoms. The summed E-state index contributed by atoms with van der Waals surface area (Å²) in [7, 11) is 0. The molecule has 1 saturated carbocycles. The van der Waals surface area contributed by atoms with Crippen LogP contribution in [0.3, 0.4) is 0 Å². The monoisotopic (exact) mass is 335 g/mol. The average molecular weight is 335 g/mol. The smallest absolute Gasteiger partial charge is 0.408 e. The summed E-state index contributed by atoms with van der Waals surface area (Å²) in [4.78, 5) is 24.7. The Bertz CT molecular complexity index is 559. The molecule has 23 heavy (non-hydrogen) atoms. The van der Waals surface area contributed by atoms with Crippen molar-refractivity contribution in [2.45, 2.75) is 38.1 Å². The Labute approximate surface area is 140 Å². The van der Waals surface area contributed by atoms with E-state index in [1.165, 1.54) is 4.90 Å². The van der Waals surface area contributed by atoms with Crippen LogP contribution in [0.2, 0.25) is 0 Å². The number of amides is 2. The van der Waals surface area contributed by atoms with Gasteiger partial charge < -0.3 is 10.4 Å². The van der Waals surface area contributed by atoms with Crippen molar-refractivity contribution in [3.63, 3.8) is 0 Å². The molecule has 0 saturated heterocycles. The maximum absolute atomic E-state index is 12.0. The molecule has 0 atom stereocenters. The number of nitrogens with one attached hydrogen (secondary N) is 2. The van der Waals surface area contributed by atoms with Gasteiger partial charge in [-0.1, -0.05) is 37.5 Å². The van der Waals surface area contributed by atoms with Crippen molar-refractivity contribution in [2.24, 2.45) is 0 Å². The molecule has 0 bridgehead atoms. The fraction of sp³-hybridized carbons (Fsp3) is 0.438. The predicted molar refractivity (Wildman–Crippen MR) is 91.2 cm³/mol. The quantitative estimate of drug-likeness (QED) is 0.582. The highest BCUT2D eigenvalue weighted by Crippen LogP contribution is 2.22. The molecule has 1 aromatic rings. The largest absolute Gasteiger partial charge is 0.465 e. The van der Waals surface area contributed by atoms with Crippen LogP contribution < -0.4 is 10.6 Å². The summed E-state index contributed by atoms with van der Waals surface area (Å²) in [6, 6.07) is 8.73. The lowest BCUT2D eigenvalue weighted by atomic mass is 9.95. The lowest BCUT2D eigenvalue weighted by molar-refractivity contribution is 0.0975. The molecule has 0 aromatic heterocycles. The van der Waals surface area contributed by atoms with Crippen LogP contribution in [0.1, 0.15) is 42.5 Å². The van der Waals surface area contributed by atoms with Crippen molar-refractivity contribution in [1.29, 1.82) is 0 Å². The van der Waals surface area contributed by atoms with Crippen LogP contribution in [0.5, 0.6) is 0 Å². The summed E-state index contributed by atoms with van der Waals surface area (Å²) in [5.41, 5.74) is 0.499. The Kier molecular flexibility index (Phi) is 6.34. The molecule has 0 aliphatic heterocycles. The Morgan fingerprint density at radius 2 is 1.83 bits per heavy atom. The fourth-order valence-electron chi connectivity index (χ4n) is 2.71. The molecule has 0 heterocycles. The number of thiocarbonyl (C=S) groups is 1. The summed E-state index contributed by atoms with van der Waals surface area (Å²) in [5, 5.41) is 14.8. The number of carboxylic acid groups (broad SMARTS) is 1. The Balaban J connectivity index is 1.84. The van der Waals surface area contributed by atoms with Crippen molar-refractivity contribution in [3.8, 4) is 0 Å². The SMILES string of the molecule is O=C(NC(=S)NCN(C(=O)O)C1CCCCC1)c1ccccc1. The standard InChI is InChI=1S/C16H21N3O3S/c20-14(12-7-3-1-4-8-12)18-15(23)17-11-19(16(21)22)13-9-5-2-6-10-13/h1,3-4,7-8,13H,2,5-6,9-11H2,(H,21,22)(H2,17,18,20,23). The van der Waals surface area contributed by atoms with E-state index in [0.29, 0.717) is 5.56 Å². The minimum atomic E-state index is -0.971. The first-order valence-electron chi connectivity index (χ1n) is 7.71. The molecule has 3 N–H and O–H groups in total. The average Bonchev–Trinajstić information content (AvgIpc) is 2.56. The van der Waals surface area contributed by atoms with E-state index in [-0.39, 0.29) is 23.7 Å². The molecule has 1 fully saturated rings. The highest BCUT2D eigenvalue weighted by Gasteiger charge is 2.25. The molecule has 0 radical (unpaired) electrons. The number of carbonyl (C=O) groups excluding carboxylic acids is 1. The second kappa shape index (κ2) is 8.47. The molecule has 2 rings (SSSR count). The third-order valence-corrected chi connectivity index (χ3v) is 4.18. The lowest BCUT2D eigenvalue weighted by Crippen LogP contribution is -2.50. The zero-order valence-electron chi connectivity index (χ0n) is 12.8. The van der Waals surface area contributed by atoms with Gasteiger partial charge in [-0.3, -0.25) is 15.0 Å². The van der Waals surface area contributed by atoms with Crippen LogP contribution >= 0.6 is 12.2 Å². The maximum atomic E-state index is 12.0. The lowest BCUT2D eigenvalue weighted by Gasteiger charge is -2.32. The van der Waals surface area contributed by atoms with Crippen LogP contribution in [0.15, 0.2) is 30.3 Å². The zero-order chi connectivity index (χ0) is 16.7. The molecule has 0 spiro atoms. The van der Waals surface area contributed by atoms with Crippen molar-refractivity contribution in [2.75, 3.05) is 6.67 Å². The summed E-state index contributed by atoms with van der Waals surface area (Å²) >= 11 is 5.07. The molecule has 0 unspecified atom stereocenters. The van der Waals surface area contributed by atoms with Gasteiger partial charge in [0.05, 0.1) is 6.67 Å². The molecule has 124 valence electrons. The number of rotatable bonds is 4. The number of carbonyl (C=O) groups is 2. The van der Waals surface area contributed by atoms with E-state index >= 15 is 0 Å². The van der Waals surface area contributed by atoms with Crippen molar-refractivity contribution in [3.05, 3.63) is 35.9 Å². The van der Waals surface area contributed by atoms with Crippen molar-refractivity contribution >= 4 is 29.3 Å². The van der Waals surface area contributed by atoms with E-state index in [1.54, 1.807) is 24.3 Å². The first kappa shape index (κ1) is 17.2. The minimum Gasteiger partial charge on any atom is -0.465 e. The van der Waals surface area contributed by atoms with Crippen LogP contribution in [0.25, 0.3) is 0 Å². The maximum Gasteiger partial charge on any atom is 0.408 e. The zero-order valence-corrected chi connectivity index (χ0v) is 13.6. The molecular formula is C16H21N3O3S. The van der Waals surface area contributed by atoms with Gasteiger partial charge >= 0.3 is 6.09 Å². The van der Waals surface area contributed by atoms with Crippen LogP contribution in [0.4, 0.5) is 4.79 Å². The topological polar surface area (TPSA) is 81.7 Å². The third-order valence-electron chi connectivity index (χ3n) is 3.93. The van der Waals surface area contributed by atoms with Crippen LogP contribution in [-0.2, 0) is 0 Å². The number of benzene rings is 1. The highest BCUT2D eigenvalue weighted by atomic mass is 32.1. The van der Waals surface area contributed by atoms with E-state index in [4.69, 9.17) is 12.2 Å². The van der Waals surface area contributed by atoms with Gasteiger partial charge in [-0.15, -0.1) is 0 Å². The molecule has 2 amide bonds. The fourth-order valence-corrected chi connectivity index (χ4v) is 2.87. The van der Waals surface area contributed by atoms with Crippen molar-refractivity contribution < 1.29 is 14.7 Å². The van der Waals surface area contributed by atoms with Gasteiger partial charge in [0.1, 0.15) is 0 Å². The van der Waals surface area contributed by atoms with E-state index in [9.17, 15) is 14.7 Å². The van der Waals surface area contributed by atoms with Gasteiger partial charge in [-0.05, 0) is 37.2 Å². The van der Waals surface area contributed by atoms with Crippen molar-refractivity contribution in [1.82, 2.24) is 15.5 Å². The van der Waals surface area contributed by atoms with E-state index in [1.807, 2.05) is 6.07 Å². The summed E-state index contributed by atoms with van der Waals surface area (Å²) in [6.07, 6.45) is 4.02. The van der Waals surface area contributed by atoms with Gasteiger partial charge in [-0.25, -0.2) is 4.79 Å². The van der Waals surface area contributed by atoms with E-state index in [0.717, 1.165) is 32.1 Å². The Morgan fingerprint density at radius 3 is 2.43 bits per heavy atom. The van der Waals surface area contributed by atoms with Crippen LogP contribution in [0, 0.1) is 0 Å². The third kappa shape index (κ3) is 5.21. The second-order valence-corrected chi connectivity index (χ2v) is 5.94.